The minimum absolute atomic E-state index is 0.0112. The Morgan fingerprint density at radius 1 is 1.14 bits per heavy atom. The molecule has 0 aliphatic carbocycles. The number of nitro benzene ring substituents is 2. The summed E-state index contributed by atoms with van der Waals surface area (Å²) in [6.07, 6.45) is 6.30. The van der Waals surface area contributed by atoms with Gasteiger partial charge in [0.05, 0.1) is 28.0 Å². The van der Waals surface area contributed by atoms with Crippen molar-refractivity contribution in [2.24, 2.45) is 0 Å². The Morgan fingerprint density at radius 3 is 2.00 bits per heavy atom. The van der Waals surface area contributed by atoms with Crippen LogP contribution in [0, 0.1) is 20.2 Å². The molecule has 0 amide bonds. The SMILES string of the molecule is C=C/C=C(\C=C/C)Oc1cc([N+](=O)[O-])cc([N+](=O)[O-])c1.CC. The number of rotatable bonds is 6. The zero-order valence-corrected chi connectivity index (χ0v) is 12.7. The minimum Gasteiger partial charge on any atom is -0.457 e. The van der Waals surface area contributed by atoms with E-state index >= 15 is 0 Å². The second-order valence-electron chi connectivity index (χ2n) is 3.61. The fourth-order valence-corrected chi connectivity index (χ4v) is 1.38. The number of benzene rings is 1. The summed E-state index contributed by atoms with van der Waals surface area (Å²) in [6.45, 7) is 9.27. The number of hydrogen-bond acceptors (Lipinski definition) is 5. The van der Waals surface area contributed by atoms with Crippen molar-refractivity contribution in [3.8, 4) is 5.75 Å². The molecule has 0 aliphatic rings. The van der Waals surface area contributed by atoms with Crippen molar-refractivity contribution in [2.75, 3.05) is 0 Å². The lowest BCUT2D eigenvalue weighted by Gasteiger charge is -2.06. The van der Waals surface area contributed by atoms with E-state index in [0.717, 1.165) is 18.2 Å². The van der Waals surface area contributed by atoms with Crippen molar-refractivity contribution in [1.82, 2.24) is 0 Å². The molecule has 0 saturated carbocycles. The van der Waals surface area contributed by atoms with E-state index in [4.69, 9.17) is 4.74 Å². The molecular formula is C15H18N2O5. The van der Waals surface area contributed by atoms with Gasteiger partial charge in [-0.15, -0.1) is 0 Å². The van der Waals surface area contributed by atoms with Gasteiger partial charge in [-0.3, -0.25) is 20.2 Å². The van der Waals surface area contributed by atoms with Crippen LogP contribution in [0.3, 0.4) is 0 Å². The number of nitro groups is 2. The molecule has 0 spiro atoms. The summed E-state index contributed by atoms with van der Waals surface area (Å²) in [5.74, 6) is 0.370. The van der Waals surface area contributed by atoms with Gasteiger partial charge >= 0.3 is 0 Å². The highest BCUT2D eigenvalue weighted by Crippen LogP contribution is 2.28. The van der Waals surface area contributed by atoms with Crippen LogP contribution in [0.15, 0.2) is 54.8 Å². The average Bonchev–Trinajstić information content (AvgIpc) is 2.49. The van der Waals surface area contributed by atoms with Crippen LogP contribution in [0.2, 0.25) is 0 Å². The second kappa shape index (κ2) is 9.87. The molecule has 0 saturated heterocycles. The molecule has 0 heterocycles. The van der Waals surface area contributed by atoms with E-state index in [2.05, 4.69) is 6.58 Å². The van der Waals surface area contributed by atoms with Crippen LogP contribution in [0.4, 0.5) is 11.4 Å². The molecule has 0 N–H and O–H groups in total. The normalized spacial score (nSPS) is 10.6. The van der Waals surface area contributed by atoms with Gasteiger partial charge in [0.2, 0.25) is 0 Å². The number of allylic oxidation sites excluding steroid dienone is 4. The van der Waals surface area contributed by atoms with Crippen LogP contribution in [-0.4, -0.2) is 9.85 Å². The molecule has 7 heteroatoms. The van der Waals surface area contributed by atoms with Gasteiger partial charge in [0.25, 0.3) is 11.4 Å². The molecule has 1 aromatic rings. The topological polar surface area (TPSA) is 95.5 Å². The first kappa shape index (κ1) is 19.0. The van der Waals surface area contributed by atoms with Crippen LogP contribution in [0.1, 0.15) is 20.8 Å². The fourth-order valence-electron chi connectivity index (χ4n) is 1.38. The molecule has 118 valence electrons. The van der Waals surface area contributed by atoms with Crippen LogP contribution in [0.25, 0.3) is 0 Å². The molecule has 7 nitrogen and oxygen atoms in total. The molecule has 0 fully saturated rings. The van der Waals surface area contributed by atoms with Gasteiger partial charge in [-0.25, -0.2) is 0 Å². The summed E-state index contributed by atoms with van der Waals surface area (Å²) in [6, 6.07) is 3.11. The van der Waals surface area contributed by atoms with Crippen molar-refractivity contribution in [3.63, 3.8) is 0 Å². The van der Waals surface area contributed by atoms with Crippen LogP contribution >= 0.6 is 0 Å². The molecule has 1 aromatic carbocycles. The monoisotopic (exact) mass is 306 g/mol. The molecule has 22 heavy (non-hydrogen) atoms. The standard InChI is InChI=1S/C13H12N2O5.C2H6/c1-3-5-12(6-4-2)20-13-8-10(14(16)17)7-11(9-13)15(18)19;1-2/h3-9H,1H2,2H3;1-2H3/b6-4-,12-5+;. The van der Waals surface area contributed by atoms with Crippen molar-refractivity contribution >= 4 is 11.4 Å². The lowest BCUT2D eigenvalue weighted by molar-refractivity contribution is -0.394. The second-order valence-corrected chi connectivity index (χ2v) is 3.61. The molecule has 0 atom stereocenters. The van der Waals surface area contributed by atoms with Gasteiger partial charge in [0.1, 0.15) is 11.5 Å². The summed E-state index contributed by atoms with van der Waals surface area (Å²) in [4.78, 5) is 20.1. The smallest absolute Gasteiger partial charge is 0.280 e. The van der Waals surface area contributed by atoms with Gasteiger partial charge in [0, 0.05) is 0 Å². The summed E-state index contributed by atoms with van der Waals surface area (Å²) < 4.78 is 5.37. The first-order chi connectivity index (χ1) is 10.5. The summed E-state index contributed by atoms with van der Waals surface area (Å²) >= 11 is 0. The third-order valence-electron chi connectivity index (χ3n) is 2.15. The number of hydrogen-bond donors (Lipinski definition) is 0. The van der Waals surface area contributed by atoms with E-state index in [1.54, 1.807) is 19.1 Å². The summed E-state index contributed by atoms with van der Waals surface area (Å²) in [7, 11) is 0. The Morgan fingerprint density at radius 2 is 1.64 bits per heavy atom. The van der Waals surface area contributed by atoms with E-state index in [0.29, 0.717) is 5.76 Å². The highest BCUT2D eigenvalue weighted by atomic mass is 16.6. The Labute approximate surface area is 128 Å². The van der Waals surface area contributed by atoms with Gasteiger partial charge in [0.15, 0.2) is 0 Å². The van der Waals surface area contributed by atoms with Gasteiger partial charge in [-0.1, -0.05) is 32.6 Å². The van der Waals surface area contributed by atoms with Crippen molar-refractivity contribution in [2.45, 2.75) is 20.8 Å². The Hall–Kier alpha value is -2.96. The van der Waals surface area contributed by atoms with E-state index in [1.165, 1.54) is 12.2 Å². The molecule has 0 aliphatic heterocycles. The van der Waals surface area contributed by atoms with Gasteiger partial charge in [-0.2, -0.15) is 0 Å². The maximum Gasteiger partial charge on any atom is 0.280 e. The highest BCUT2D eigenvalue weighted by molar-refractivity contribution is 5.50. The third kappa shape index (κ3) is 6.00. The Balaban J connectivity index is 0.00000211. The molecule has 0 bridgehead atoms. The first-order valence-corrected chi connectivity index (χ1v) is 6.55. The maximum absolute atomic E-state index is 10.7. The number of ether oxygens (including phenoxy) is 1. The van der Waals surface area contributed by atoms with E-state index in [1.807, 2.05) is 13.8 Å². The van der Waals surface area contributed by atoms with Crippen molar-refractivity contribution < 1.29 is 14.6 Å². The Bertz CT molecular complexity index is 574. The minimum atomic E-state index is -0.716. The largest absolute Gasteiger partial charge is 0.457 e. The highest BCUT2D eigenvalue weighted by Gasteiger charge is 2.17. The summed E-state index contributed by atoms with van der Waals surface area (Å²) in [5, 5.41) is 21.5. The van der Waals surface area contributed by atoms with E-state index in [9.17, 15) is 20.2 Å². The lowest BCUT2D eigenvalue weighted by atomic mass is 10.2. The molecule has 1 rings (SSSR count). The van der Waals surface area contributed by atoms with Crippen LogP contribution in [-0.2, 0) is 0 Å². The molecule has 0 radical (unpaired) electrons. The van der Waals surface area contributed by atoms with Gasteiger partial charge < -0.3 is 4.74 Å². The number of non-ortho nitro benzene ring substituents is 2. The average molecular weight is 306 g/mol. The van der Waals surface area contributed by atoms with Crippen molar-refractivity contribution in [3.05, 3.63) is 75.1 Å². The predicted octanol–water partition coefficient (Wildman–Crippen LogP) is 4.55. The lowest BCUT2D eigenvalue weighted by Crippen LogP contribution is -1.97. The zero-order chi connectivity index (χ0) is 17.1. The van der Waals surface area contributed by atoms with Gasteiger partial charge in [-0.05, 0) is 19.1 Å². The zero-order valence-electron chi connectivity index (χ0n) is 12.7. The molecular weight excluding hydrogens is 288 g/mol. The molecule has 0 aromatic heterocycles. The quantitative estimate of drug-likeness (QED) is 0.332. The predicted molar refractivity (Wildman–Crippen MR) is 84.8 cm³/mol. The fraction of sp³-hybridized carbons (Fsp3) is 0.200. The van der Waals surface area contributed by atoms with Crippen LogP contribution in [0.5, 0.6) is 5.75 Å². The Kier molecular flexibility index (Phi) is 8.54. The number of nitrogens with zero attached hydrogens (tertiary/aromatic N) is 2. The maximum atomic E-state index is 10.7. The van der Waals surface area contributed by atoms with E-state index < -0.39 is 21.2 Å². The molecule has 0 unspecified atom stereocenters. The first-order valence-electron chi connectivity index (χ1n) is 6.55. The summed E-state index contributed by atoms with van der Waals surface area (Å²) in [5.41, 5.74) is -0.819. The third-order valence-corrected chi connectivity index (χ3v) is 2.15. The van der Waals surface area contributed by atoms with Crippen molar-refractivity contribution in [1.29, 1.82) is 0 Å². The van der Waals surface area contributed by atoms with E-state index in [-0.39, 0.29) is 5.75 Å². The van der Waals surface area contributed by atoms with Crippen LogP contribution < -0.4 is 4.74 Å².